The van der Waals surface area contributed by atoms with Crippen LogP contribution in [0.2, 0.25) is 0 Å². The predicted octanol–water partition coefficient (Wildman–Crippen LogP) is 2.24. The second kappa shape index (κ2) is 2.29. The number of benzene rings is 1. The lowest BCUT2D eigenvalue weighted by molar-refractivity contribution is 1.65. The molecule has 52 valence electrons. The first-order valence-electron chi connectivity index (χ1n) is 3.00. The van der Waals surface area contributed by atoms with Gasteiger partial charge in [-0.2, -0.15) is 8.75 Å². The number of fused-ring (bicyclic) bond motifs is 1. The van der Waals surface area contributed by atoms with Crippen LogP contribution in [0.4, 0.5) is 5.69 Å². The molecule has 0 amide bonds. The van der Waals surface area contributed by atoms with E-state index in [9.17, 15) is 0 Å². The minimum atomic E-state index is 0.580. The molecule has 2 aromatic rings. The molecular weight excluding hydrogens is 158 g/mol. The highest BCUT2D eigenvalue weighted by Crippen LogP contribution is 2.23. The van der Waals surface area contributed by atoms with Gasteiger partial charge in [-0.25, -0.2) is 4.85 Å². The van der Waals surface area contributed by atoms with Crippen LogP contribution in [0.15, 0.2) is 18.2 Å². The third-order valence-electron chi connectivity index (χ3n) is 1.39. The first-order valence-corrected chi connectivity index (χ1v) is 3.73. The van der Waals surface area contributed by atoms with Crippen molar-refractivity contribution in [2.24, 2.45) is 0 Å². The van der Waals surface area contributed by atoms with Gasteiger partial charge >= 0.3 is 0 Å². The van der Waals surface area contributed by atoms with Crippen molar-refractivity contribution in [3.05, 3.63) is 29.6 Å². The van der Waals surface area contributed by atoms with Gasteiger partial charge in [-0.3, -0.25) is 0 Å². The Balaban J connectivity index is 2.92. The molecule has 3 nitrogen and oxygen atoms in total. The van der Waals surface area contributed by atoms with Gasteiger partial charge in [-0.15, -0.1) is 0 Å². The van der Waals surface area contributed by atoms with Crippen molar-refractivity contribution in [1.29, 1.82) is 0 Å². The van der Waals surface area contributed by atoms with Crippen LogP contribution in [0.5, 0.6) is 0 Å². The van der Waals surface area contributed by atoms with Gasteiger partial charge in [-0.1, -0.05) is 12.1 Å². The summed E-state index contributed by atoms with van der Waals surface area (Å²) in [6.45, 7) is 6.83. The van der Waals surface area contributed by atoms with E-state index >= 15 is 0 Å². The molecule has 0 fully saturated rings. The molecule has 0 saturated heterocycles. The second-order valence-electron chi connectivity index (χ2n) is 2.02. The van der Waals surface area contributed by atoms with Crippen molar-refractivity contribution in [3.63, 3.8) is 0 Å². The summed E-state index contributed by atoms with van der Waals surface area (Å²) in [7, 11) is 0. The largest absolute Gasteiger partial charge is 0.236 e. The Bertz CT molecular complexity index is 426. The molecule has 0 bridgehead atoms. The Kier molecular flexibility index (Phi) is 1.30. The van der Waals surface area contributed by atoms with Crippen LogP contribution in [-0.2, 0) is 0 Å². The van der Waals surface area contributed by atoms with Crippen LogP contribution in [0.3, 0.4) is 0 Å². The molecule has 0 N–H and O–H groups in total. The fourth-order valence-corrected chi connectivity index (χ4v) is 1.43. The summed E-state index contributed by atoms with van der Waals surface area (Å²) in [5, 5.41) is 0. The highest BCUT2D eigenvalue weighted by molar-refractivity contribution is 7.00. The maximum absolute atomic E-state index is 6.83. The number of nitrogens with zero attached hydrogens (tertiary/aromatic N) is 3. The summed E-state index contributed by atoms with van der Waals surface area (Å²) < 4.78 is 8.02. The van der Waals surface area contributed by atoms with Crippen LogP contribution in [0.25, 0.3) is 15.9 Å². The van der Waals surface area contributed by atoms with E-state index in [-0.39, 0.29) is 0 Å². The average Bonchev–Trinajstić information content (AvgIpc) is 2.50. The van der Waals surface area contributed by atoms with E-state index in [1.807, 2.05) is 12.1 Å². The van der Waals surface area contributed by atoms with Crippen LogP contribution in [0.1, 0.15) is 0 Å². The molecule has 1 aromatic heterocycles. The molecular formula is C7H3N3S. The summed E-state index contributed by atoms with van der Waals surface area (Å²) >= 11 is 1.14. The van der Waals surface area contributed by atoms with Gasteiger partial charge in [0.2, 0.25) is 5.69 Å². The SMILES string of the molecule is [C-]#[N+]c1cccc2nsnc12. The lowest BCUT2D eigenvalue weighted by Gasteiger charge is -1.86. The summed E-state index contributed by atoms with van der Waals surface area (Å²) in [5.41, 5.74) is 2.10. The molecule has 0 radical (unpaired) electrons. The van der Waals surface area contributed by atoms with Crippen molar-refractivity contribution in [1.82, 2.24) is 8.75 Å². The summed E-state index contributed by atoms with van der Waals surface area (Å²) in [6, 6.07) is 5.42. The lowest BCUT2D eigenvalue weighted by Crippen LogP contribution is -1.67. The van der Waals surface area contributed by atoms with Gasteiger partial charge < -0.3 is 0 Å². The molecule has 0 atom stereocenters. The summed E-state index contributed by atoms with van der Waals surface area (Å²) in [5.74, 6) is 0. The molecule has 0 saturated carbocycles. The second-order valence-corrected chi connectivity index (χ2v) is 2.55. The van der Waals surface area contributed by atoms with Gasteiger partial charge in [-0.05, 0) is 6.07 Å². The normalized spacial score (nSPS) is 9.73. The van der Waals surface area contributed by atoms with Gasteiger partial charge in [0.1, 0.15) is 5.52 Å². The van der Waals surface area contributed by atoms with Gasteiger partial charge in [0.25, 0.3) is 0 Å². The third-order valence-corrected chi connectivity index (χ3v) is 1.93. The zero-order valence-corrected chi connectivity index (χ0v) is 6.30. The Hall–Kier alpha value is -1.47. The highest BCUT2D eigenvalue weighted by atomic mass is 32.1. The Morgan fingerprint density at radius 2 is 2.27 bits per heavy atom. The smallest absolute Gasteiger partial charge is 0.215 e. The van der Waals surface area contributed by atoms with Gasteiger partial charge in [0, 0.05) is 0 Å². The van der Waals surface area contributed by atoms with E-state index in [2.05, 4.69) is 13.6 Å². The predicted molar refractivity (Wildman–Crippen MR) is 43.7 cm³/mol. The number of rotatable bonds is 0. The molecule has 1 aromatic carbocycles. The minimum absolute atomic E-state index is 0.580. The molecule has 0 aliphatic heterocycles. The number of aromatic nitrogens is 2. The van der Waals surface area contributed by atoms with Gasteiger partial charge in [0.05, 0.1) is 23.8 Å². The molecule has 0 aliphatic carbocycles. The van der Waals surface area contributed by atoms with E-state index in [1.54, 1.807) is 6.07 Å². The van der Waals surface area contributed by atoms with E-state index in [4.69, 9.17) is 6.57 Å². The quantitative estimate of drug-likeness (QED) is 0.554. The highest BCUT2D eigenvalue weighted by Gasteiger charge is 2.02. The number of hydrogen-bond donors (Lipinski definition) is 0. The van der Waals surface area contributed by atoms with Crippen molar-refractivity contribution < 1.29 is 0 Å². The maximum Gasteiger partial charge on any atom is 0.215 e. The Morgan fingerprint density at radius 1 is 1.36 bits per heavy atom. The molecule has 0 unspecified atom stereocenters. The Morgan fingerprint density at radius 3 is 3.09 bits per heavy atom. The maximum atomic E-state index is 6.83. The summed E-state index contributed by atoms with van der Waals surface area (Å²) in [6.07, 6.45) is 0. The van der Waals surface area contributed by atoms with E-state index in [1.165, 1.54) is 0 Å². The zero-order chi connectivity index (χ0) is 7.68. The molecule has 2 rings (SSSR count). The summed E-state index contributed by atoms with van der Waals surface area (Å²) in [4.78, 5) is 3.33. The van der Waals surface area contributed by atoms with Crippen LogP contribution >= 0.6 is 11.7 Å². The minimum Gasteiger partial charge on any atom is -0.236 e. The lowest BCUT2D eigenvalue weighted by atomic mass is 10.3. The third kappa shape index (κ3) is 0.863. The van der Waals surface area contributed by atoms with E-state index in [0.717, 1.165) is 17.2 Å². The van der Waals surface area contributed by atoms with E-state index in [0.29, 0.717) is 11.2 Å². The van der Waals surface area contributed by atoms with Crippen molar-refractivity contribution in [3.8, 4) is 0 Å². The molecule has 1 heterocycles. The van der Waals surface area contributed by atoms with Crippen molar-refractivity contribution in [2.45, 2.75) is 0 Å². The molecule has 0 spiro atoms. The standard InChI is InChI=1S/C7H3N3S/c1-8-5-3-2-4-6-7(5)10-11-9-6/h2-4H. The first-order chi connectivity index (χ1) is 5.42. The van der Waals surface area contributed by atoms with Crippen LogP contribution < -0.4 is 0 Å². The van der Waals surface area contributed by atoms with Crippen molar-refractivity contribution in [2.75, 3.05) is 0 Å². The number of hydrogen-bond acceptors (Lipinski definition) is 3. The molecule has 4 heteroatoms. The van der Waals surface area contributed by atoms with Crippen LogP contribution in [-0.4, -0.2) is 8.75 Å². The van der Waals surface area contributed by atoms with Crippen LogP contribution in [0, 0.1) is 6.57 Å². The molecule has 0 aliphatic rings. The average molecular weight is 161 g/mol. The fourth-order valence-electron chi connectivity index (χ4n) is 0.882. The first kappa shape index (κ1) is 6.25. The fraction of sp³-hybridized carbons (Fsp3) is 0. The zero-order valence-electron chi connectivity index (χ0n) is 5.48. The van der Waals surface area contributed by atoms with E-state index < -0.39 is 0 Å². The Labute approximate surface area is 67.4 Å². The topological polar surface area (TPSA) is 30.1 Å². The molecule has 11 heavy (non-hydrogen) atoms. The monoisotopic (exact) mass is 161 g/mol. The van der Waals surface area contributed by atoms with Crippen molar-refractivity contribution >= 4 is 28.4 Å². The van der Waals surface area contributed by atoms with Gasteiger partial charge in [0.15, 0.2) is 0 Å².